The van der Waals surface area contributed by atoms with E-state index in [1.165, 1.54) is 0 Å². The van der Waals surface area contributed by atoms with Crippen molar-refractivity contribution in [3.8, 4) is 0 Å². The molecule has 1 amide bonds. The topological polar surface area (TPSA) is 41.1 Å². The molecule has 1 aliphatic rings. The number of carbonyl (C=O) groups excluding carboxylic acids is 1. The standard InChI is InChI=1S/C15H21ClN2O/c16-9-6-14(12-4-2-1-3-5-12)15(19)18-13-7-10-17-11-8-13/h1-5,13-14,17H,6-11H2,(H,18,19). The average molecular weight is 281 g/mol. The number of hydrogen-bond donors (Lipinski definition) is 2. The van der Waals surface area contributed by atoms with Gasteiger partial charge in [0.15, 0.2) is 0 Å². The van der Waals surface area contributed by atoms with Crippen LogP contribution < -0.4 is 10.6 Å². The lowest BCUT2D eigenvalue weighted by molar-refractivity contribution is -0.123. The Morgan fingerprint density at radius 2 is 2.00 bits per heavy atom. The number of amides is 1. The lowest BCUT2D eigenvalue weighted by atomic mass is 9.94. The summed E-state index contributed by atoms with van der Waals surface area (Å²) in [7, 11) is 0. The van der Waals surface area contributed by atoms with Gasteiger partial charge in [-0.3, -0.25) is 4.79 Å². The number of benzene rings is 1. The first-order chi connectivity index (χ1) is 9.31. The number of rotatable bonds is 5. The van der Waals surface area contributed by atoms with Crippen LogP contribution in [0.15, 0.2) is 30.3 Å². The monoisotopic (exact) mass is 280 g/mol. The molecule has 3 nitrogen and oxygen atoms in total. The van der Waals surface area contributed by atoms with E-state index in [1.807, 2.05) is 30.3 Å². The molecule has 1 fully saturated rings. The highest BCUT2D eigenvalue weighted by molar-refractivity contribution is 6.18. The summed E-state index contributed by atoms with van der Waals surface area (Å²) in [5.41, 5.74) is 1.05. The first-order valence-corrected chi connectivity index (χ1v) is 7.46. The summed E-state index contributed by atoms with van der Waals surface area (Å²) >= 11 is 5.84. The van der Waals surface area contributed by atoms with Crippen molar-refractivity contribution in [2.45, 2.75) is 31.2 Å². The number of alkyl halides is 1. The van der Waals surface area contributed by atoms with Gasteiger partial charge in [0.2, 0.25) is 5.91 Å². The molecule has 0 saturated carbocycles. The molecule has 1 unspecified atom stereocenters. The van der Waals surface area contributed by atoms with Crippen LogP contribution in [0.2, 0.25) is 0 Å². The third-order valence-corrected chi connectivity index (χ3v) is 3.82. The fraction of sp³-hybridized carbons (Fsp3) is 0.533. The van der Waals surface area contributed by atoms with Crippen molar-refractivity contribution in [1.82, 2.24) is 10.6 Å². The van der Waals surface area contributed by atoms with Gasteiger partial charge in [0, 0.05) is 11.9 Å². The van der Waals surface area contributed by atoms with Crippen LogP contribution in [0.25, 0.3) is 0 Å². The highest BCUT2D eigenvalue weighted by Crippen LogP contribution is 2.21. The predicted molar refractivity (Wildman–Crippen MR) is 78.6 cm³/mol. The molecule has 0 spiro atoms. The van der Waals surface area contributed by atoms with Crippen LogP contribution >= 0.6 is 11.6 Å². The smallest absolute Gasteiger partial charge is 0.227 e. The molecular formula is C15H21ClN2O. The second-order valence-electron chi connectivity index (χ2n) is 4.97. The molecule has 1 aromatic rings. The minimum atomic E-state index is -0.131. The van der Waals surface area contributed by atoms with Gasteiger partial charge in [-0.1, -0.05) is 30.3 Å². The average Bonchev–Trinajstić information content (AvgIpc) is 2.46. The summed E-state index contributed by atoms with van der Waals surface area (Å²) in [5, 5.41) is 6.47. The quantitative estimate of drug-likeness (QED) is 0.813. The van der Waals surface area contributed by atoms with Crippen LogP contribution in [0.4, 0.5) is 0 Å². The van der Waals surface area contributed by atoms with Crippen LogP contribution in [-0.4, -0.2) is 30.9 Å². The number of hydrogen-bond acceptors (Lipinski definition) is 2. The van der Waals surface area contributed by atoms with E-state index < -0.39 is 0 Å². The van der Waals surface area contributed by atoms with Gasteiger partial charge >= 0.3 is 0 Å². The molecule has 104 valence electrons. The van der Waals surface area contributed by atoms with Crippen LogP contribution in [0, 0.1) is 0 Å². The molecule has 0 aliphatic carbocycles. The zero-order valence-corrected chi connectivity index (χ0v) is 11.8. The number of nitrogens with one attached hydrogen (secondary N) is 2. The van der Waals surface area contributed by atoms with Gasteiger partial charge in [-0.2, -0.15) is 0 Å². The Morgan fingerprint density at radius 3 is 2.63 bits per heavy atom. The summed E-state index contributed by atoms with van der Waals surface area (Å²) in [6, 6.07) is 10.2. The third-order valence-electron chi connectivity index (χ3n) is 3.60. The van der Waals surface area contributed by atoms with E-state index in [0.717, 1.165) is 31.5 Å². The van der Waals surface area contributed by atoms with Crippen LogP contribution in [0.5, 0.6) is 0 Å². The lowest BCUT2D eigenvalue weighted by Crippen LogP contribution is -2.44. The molecule has 0 radical (unpaired) electrons. The fourth-order valence-corrected chi connectivity index (χ4v) is 2.73. The van der Waals surface area contributed by atoms with Gasteiger partial charge < -0.3 is 10.6 Å². The Bertz CT molecular complexity index is 390. The number of halogens is 1. The minimum absolute atomic E-state index is 0.110. The van der Waals surface area contributed by atoms with Crippen molar-refractivity contribution < 1.29 is 4.79 Å². The van der Waals surface area contributed by atoms with Gasteiger partial charge in [-0.25, -0.2) is 0 Å². The molecule has 2 N–H and O–H groups in total. The third kappa shape index (κ3) is 4.22. The molecule has 1 aromatic carbocycles. The normalized spacial score (nSPS) is 17.9. The highest BCUT2D eigenvalue weighted by Gasteiger charge is 2.23. The fourth-order valence-electron chi connectivity index (χ4n) is 2.51. The maximum Gasteiger partial charge on any atom is 0.227 e. The van der Waals surface area contributed by atoms with E-state index in [2.05, 4.69) is 10.6 Å². The van der Waals surface area contributed by atoms with Gasteiger partial charge in [-0.15, -0.1) is 11.6 Å². The summed E-state index contributed by atoms with van der Waals surface area (Å²) in [4.78, 5) is 12.4. The molecule has 1 saturated heterocycles. The maximum atomic E-state index is 12.4. The minimum Gasteiger partial charge on any atom is -0.353 e. The van der Waals surface area contributed by atoms with E-state index in [-0.39, 0.29) is 11.8 Å². The Labute approximate surface area is 119 Å². The first kappa shape index (κ1) is 14.4. The van der Waals surface area contributed by atoms with Crippen molar-refractivity contribution in [2.75, 3.05) is 19.0 Å². The van der Waals surface area contributed by atoms with E-state index >= 15 is 0 Å². The summed E-state index contributed by atoms with van der Waals surface area (Å²) in [5.74, 6) is 0.478. The van der Waals surface area contributed by atoms with Crippen molar-refractivity contribution in [1.29, 1.82) is 0 Å². The van der Waals surface area contributed by atoms with Crippen LogP contribution in [-0.2, 0) is 4.79 Å². The second kappa shape index (κ2) is 7.51. The molecule has 1 heterocycles. The van der Waals surface area contributed by atoms with Gasteiger partial charge in [0.05, 0.1) is 5.92 Å². The zero-order valence-electron chi connectivity index (χ0n) is 11.1. The van der Waals surface area contributed by atoms with Gasteiger partial charge in [0.25, 0.3) is 0 Å². The summed E-state index contributed by atoms with van der Waals surface area (Å²) in [6.07, 6.45) is 2.70. The van der Waals surface area contributed by atoms with E-state index in [0.29, 0.717) is 18.3 Å². The van der Waals surface area contributed by atoms with Crippen molar-refractivity contribution in [2.24, 2.45) is 0 Å². The molecule has 19 heavy (non-hydrogen) atoms. The Kier molecular flexibility index (Phi) is 5.67. The molecule has 1 atom stereocenters. The molecule has 1 aliphatic heterocycles. The second-order valence-corrected chi connectivity index (χ2v) is 5.35. The Hall–Kier alpha value is -1.06. The van der Waals surface area contributed by atoms with E-state index in [9.17, 15) is 4.79 Å². The van der Waals surface area contributed by atoms with Crippen molar-refractivity contribution in [3.05, 3.63) is 35.9 Å². The molecule has 0 bridgehead atoms. The molecule has 4 heteroatoms. The molecule has 0 aromatic heterocycles. The number of piperidine rings is 1. The largest absolute Gasteiger partial charge is 0.353 e. The van der Waals surface area contributed by atoms with E-state index in [1.54, 1.807) is 0 Å². The van der Waals surface area contributed by atoms with Gasteiger partial charge in [-0.05, 0) is 37.9 Å². The Balaban J connectivity index is 1.99. The van der Waals surface area contributed by atoms with Crippen LogP contribution in [0.3, 0.4) is 0 Å². The zero-order chi connectivity index (χ0) is 13.5. The highest BCUT2D eigenvalue weighted by atomic mass is 35.5. The van der Waals surface area contributed by atoms with Crippen molar-refractivity contribution >= 4 is 17.5 Å². The maximum absolute atomic E-state index is 12.4. The van der Waals surface area contributed by atoms with Gasteiger partial charge in [0.1, 0.15) is 0 Å². The van der Waals surface area contributed by atoms with Crippen LogP contribution in [0.1, 0.15) is 30.7 Å². The SMILES string of the molecule is O=C(NC1CCNCC1)C(CCCl)c1ccccc1. The Morgan fingerprint density at radius 1 is 1.32 bits per heavy atom. The lowest BCUT2D eigenvalue weighted by Gasteiger charge is -2.26. The summed E-state index contributed by atoms with van der Waals surface area (Å²) < 4.78 is 0. The molecular weight excluding hydrogens is 260 g/mol. The first-order valence-electron chi connectivity index (χ1n) is 6.93. The molecule has 2 rings (SSSR count). The number of carbonyl (C=O) groups is 1. The summed E-state index contributed by atoms with van der Waals surface area (Å²) in [6.45, 7) is 1.97. The predicted octanol–water partition coefficient (Wildman–Crippen LogP) is 2.27. The van der Waals surface area contributed by atoms with E-state index in [4.69, 9.17) is 11.6 Å². The van der Waals surface area contributed by atoms with Crippen molar-refractivity contribution in [3.63, 3.8) is 0 Å².